The summed E-state index contributed by atoms with van der Waals surface area (Å²) in [6.07, 6.45) is 3.52. The number of fused-ring (bicyclic) bond motifs is 4. The standard InChI is InChI=1S/C10H17NO3/c12-10(13)7-14-9-3-6-11-4-1-8(9)2-5-11/h8-9H,1-7H2,(H,12,13). The molecule has 1 N–H and O–H groups in total. The summed E-state index contributed by atoms with van der Waals surface area (Å²) in [6, 6.07) is 0. The van der Waals surface area contributed by atoms with Crippen molar-refractivity contribution in [2.24, 2.45) is 5.92 Å². The van der Waals surface area contributed by atoms with Crippen molar-refractivity contribution in [3.05, 3.63) is 0 Å². The lowest BCUT2D eigenvalue weighted by atomic mass is 9.93. The van der Waals surface area contributed by atoms with Gasteiger partial charge in [-0.3, -0.25) is 0 Å². The quantitative estimate of drug-likeness (QED) is 0.722. The van der Waals surface area contributed by atoms with E-state index in [9.17, 15) is 4.79 Å². The predicted molar refractivity (Wildman–Crippen MR) is 51.2 cm³/mol. The lowest BCUT2D eigenvalue weighted by molar-refractivity contribution is -0.145. The summed E-state index contributed by atoms with van der Waals surface area (Å²) in [5.41, 5.74) is 0. The number of ether oxygens (including phenoxy) is 1. The number of aliphatic carboxylic acids is 1. The van der Waals surface area contributed by atoms with E-state index >= 15 is 0 Å². The highest BCUT2D eigenvalue weighted by Gasteiger charge is 2.31. The van der Waals surface area contributed by atoms with Gasteiger partial charge < -0.3 is 14.7 Å². The van der Waals surface area contributed by atoms with Crippen LogP contribution in [0.3, 0.4) is 0 Å². The van der Waals surface area contributed by atoms with Gasteiger partial charge in [0.15, 0.2) is 0 Å². The van der Waals surface area contributed by atoms with Crippen LogP contribution >= 0.6 is 0 Å². The van der Waals surface area contributed by atoms with Gasteiger partial charge in [-0.15, -0.1) is 0 Å². The first-order valence-corrected chi connectivity index (χ1v) is 5.31. The van der Waals surface area contributed by atoms with Crippen LogP contribution in [-0.4, -0.2) is 48.3 Å². The molecule has 4 nitrogen and oxygen atoms in total. The third-order valence-corrected chi connectivity index (χ3v) is 3.31. The summed E-state index contributed by atoms with van der Waals surface area (Å²) in [4.78, 5) is 12.8. The fraction of sp³-hybridized carbons (Fsp3) is 0.900. The van der Waals surface area contributed by atoms with E-state index in [1.165, 1.54) is 12.8 Å². The first kappa shape index (κ1) is 9.93. The van der Waals surface area contributed by atoms with Crippen LogP contribution in [0.2, 0.25) is 0 Å². The second-order valence-corrected chi connectivity index (χ2v) is 4.21. The van der Waals surface area contributed by atoms with Gasteiger partial charge in [0.2, 0.25) is 0 Å². The molecule has 1 atom stereocenters. The largest absolute Gasteiger partial charge is 0.480 e. The van der Waals surface area contributed by atoms with Gasteiger partial charge in [-0.05, 0) is 38.3 Å². The van der Waals surface area contributed by atoms with E-state index in [4.69, 9.17) is 9.84 Å². The van der Waals surface area contributed by atoms with Crippen LogP contribution in [0.15, 0.2) is 0 Å². The molecule has 3 aliphatic heterocycles. The smallest absolute Gasteiger partial charge is 0.329 e. The lowest BCUT2D eigenvalue weighted by Crippen LogP contribution is -2.32. The topological polar surface area (TPSA) is 49.8 Å². The molecule has 0 aromatic rings. The highest BCUT2D eigenvalue weighted by Crippen LogP contribution is 2.28. The third-order valence-electron chi connectivity index (χ3n) is 3.31. The van der Waals surface area contributed by atoms with Gasteiger partial charge >= 0.3 is 5.97 Å². The number of hydrogen-bond donors (Lipinski definition) is 1. The number of carboxylic acids is 1. The maximum atomic E-state index is 10.4. The molecule has 0 aliphatic carbocycles. The molecule has 0 spiro atoms. The molecule has 4 heteroatoms. The van der Waals surface area contributed by atoms with Gasteiger partial charge in [-0.25, -0.2) is 4.79 Å². The number of rotatable bonds is 3. The summed E-state index contributed by atoms with van der Waals surface area (Å²) in [6.45, 7) is 3.26. The van der Waals surface area contributed by atoms with Crippen molar-refractivity contribution < 1.29 is 14.6 Å². The number of piperidine rings is 1. The van der Waals surface area contributed by atoms with Gasteiger partial charge in [0.1, 0.15) is 6.61 Å². The molecule has 3 heterocycles. The van der Waals surface area contributed by atoms with Crippen molar-refractivity contribution in [1.29, 1.82) is 0 Å². The fourth-order valence-corrected chi connectivity index (χ4v) is 2.49. The monoisotopic (exact) mass is 199 g/mol. The molecule has 3 fully saturated rings. The Kier molecular flexibility index (Phi) is 3.03. The maximum absolute atomic E-state index is 10.4. The molecule has 3 rings (SSSR count). The zero-order valence-corrected chi connectivity index (χ0v) is 8.32. The fourth-order valence-electron chi connectivity index (χ4n) is 2.49. The van der Waals surface area contributed by atoms with Crippen LogP contribution in [0.25, 0.3) is 0 Å². The third kappa shape index (κ3) is 2.25. The molecule has 0 aromatic heterocycles. The minimum Gasteiger partial charge on any atom is -0.480 e. The van der Waals surface area contributed by atoms with Crippen molar-refractivity contribution in [2.75, 3.05) is 26.2 Å². The van der Waals surface area contributed by atoms with Crippen LogP contribution in [-0.2, 0) is 9.53 Å². The molecule has 80 valence electrons. The van der Waals surface area contributed by atoms with E-state index in [2.05, 4.69) is 4.90 Å². The Labute approximate surface area is 83.8 Å². The van der Waals surface area contributed by atoms with Crippen LogP contribution in [0, 0.1) is 5.92 Å². The normalized spacial score (nSPS) is 36.7. The van der Waals surface area contributed by atoms with Crippen LogP contribution < -0.4 is 0 Å². The molecule has 1 unspecified atom stereocenters. The Morgan fingerprint density at radius 3 is 2.57 bits per heavy atom. The van der Waals surface area contributed by atoms with Crippen molar-refractivity contribution in [3.63, 3.8) is 0 Å². The average Bonchev–Trinajstić information content (AvgIpc) is 2.47. The van der Waals surface area contributed by atoms with E-state index in [1.807, 2.05) is 0 Å². The van der Waals surface area contributed by atoms with Crippen LogP contribution in [0.1, 0.15) is 19.3 Å². The van der Waals surface area contributed by atoms with Crippen LogP contribution in [0.5, 0.6) is 0 Å². The Morgan fingerprint density at radius 1 is 1.29 bits per heavy atom. The molecular weight excluding hydrogens is 182 g/mol. The van der Waals surface area contributed by atoms with E-state index in [-0.39, 0.29) is 12.7 Å². The van der Waals surface area contributed by atoms with E-state index in [1.54, 1.807) is 0 Å². The summed E-state index contributed by atoms with van der Waals surface area (Å²) in [7, 11) is 0. The highest BCUT2D eigenvalue weighted by atomic mass is 16.5. The summed E-state index contributed by atoms with van der Waals surface area (Å²) < 4.78 is 5.43. The molecule has 2 bridgehead atoms. The zero-order valence-electron chi connectivity index (χ0n) is 8.32. The molecule has 0 aromatic carbocycles. The second kappa shape index (κ2) is 4.28. The summed E-state index contributed by atoms with van der Waals surface area (Å²) >= 11 is 0. The lowest BCUT2D eigenvalue weighted by Gasteiger charge is -2.28. The SMILES string of the molecule is O=C(O)COC1CCN2CCC1CC2. The van der Waals surface area contributed by atoms with Crippen molar-refractivity contribution in [1.82, 2.24) is 4.90 Å². The van der Waals surface area contributed by atoms with Crippen LogP contribution in [0.4, 0.5) is 0 Å². The number of hydrogen-bond acceptors (Lipinski definition) is 3. The van der Waals surface area contributed by atoms with Crippen molar-refractivity contribution in [3.8, 4) is 0 Å². The number of carboxylic acid groups (broad SMARTS) is 1. The van der Waals surface area contributed by atoms with E-state index in [0.29, 0.717) is 5.92 Å². The Bertz CT molecular complexity index is 211. The maximum Gasteiger partial charge on any atom is 0.329 e. The number of nitrogens with zero attached hydrogens (tertiary/aromatic N) is 1. The minimum atomic E-state index is -0.857. The minimum absolute atomic E-state index is 0.138. The first-order chi connectivity index (χ1) is 6.75. The Morgan fingerprint density at radius 2 is 1.93 bits per heavy atom. The van der Waals surface area contributed by atoms with Gasteiger partial charge in [0, 0.05) is 6.54 Å². The Balaban J connectivity index is 1.87. The molecule has 0 amide bonds. The van der Waals surface area contributed by atoms with Gasteiger partial charge in [0.05, 0.1) is 6.10 Å². The second-order valence-electron chi connectivity index (χ2n) is 4.21. The van der Waals surface area contributed by atoms with E-state index < -0.39 is 5.97 Å². The summed E-state index contributed by atoms with van der Waals surface area (Å²) in [5, 5.41) is 8.55. The van der Waals surface area contributed by atoms with Gasteiger partial charge in [-0.1, -0.05) is 0 Å². The first-order valence-electron chi connectivity index (χ1n) is 5.31. The molecule has 3 saturated heterocycles. The number of carbonyl (C=O) groups is 1. The van der Waals surface area contributed by atoms with Crippen molar-refractivity contribution in [2.45, 2.75) is 25.4 Å². The molecule has 14 heavy (non-hydrogen) atoms. The summed E-state index contributed by atoms with van der Waals surface area (Å²) in [5.74, 6) is -0.266. The zero-order chi connectivity index (χ0) is 9.97. The molecule has 0 radical (unpaired) electrons. The Hall–Kier alpha value is -0.610. The predicted octanol–water partition coefficient (Wildman–Crippen LogP) is 0.572. The average molecular weight is 199 g/mol. The van der Waals surface area contributed by atoms with Gasteiger partial charge in [0.25, 0.3) is 0 Å². The van der Waals surface area contributed by atoms with Gasteiger partial charge in [-0.2, -0.15) is 0 Å². The molecule has 3 aliphatic rings. The van der Waals surface area contributed by atoms with E-state index in [0.717, 1.165) is 26.1 Å². The van der Waals surface area contributed by atoms with Crippen molar-refractivity contribution >= 4 is 5.97 Å². The molecular formula is C10H17NO3. The molecule has 0 saturated carbocycles. The highest BCUT2D eigenvalue weighted by molar-refractivity contribution is 5.68.